The quantitative estimate of drug-likeness (QED) is 0.680. The molecule has 1 aromatic heterocycles. The number of hydrogen-bond donors (Lipinski definition) is 3. The molecule has 1 unspecified atom stereocenters. The summed E-state index contributed by atoms with van der Waals surface area (Å²) in [6.07, 6.45) is 0.982. The van der Waals surface area contributed by atoms with E-state index < -0.39 is 6.29 Å². The Morgan fingerprint density at radius 2 is 1.94 bits per heavy atom. The molecule has 2 aromatic rings. The van der Waals surface area contributed by atoms with E-state index >= 15 is 0 Å². The molecule has 0 bridgehead atoms. The molecule has 164 valence electrons. The fourth-order valence-corrected chi connectivity index (χ4v) is 3.61. The van der Waals surface area contributed by atoms with Crippen molar-refractivity contribution in [3.05, 3.63) is 48.3 Å². The van der Waals surface area contributed by atoms with E-state index in [4.69, 9.17) is 10.5 Å². The molecule has 4 rings (SSSR count). The number of nitrogens with zero attached hydrogens (tertiary/aromatic N) is 5. The lowest BCUT2D eigenvalue weighted by Crippen LogP contribution is -2.49. The first-order chi connectivity index (χ1) is 15.0. The van der Waals surface area contributed by atoms with Gasteiger partial charge in [0.05, 0.1) is 12.3 Å². The van der Waals surface area contributed by atoms with Gasteiger partial charge in [0, 0.05) is 49.4 Å². The van der Waals surface area contributed by atoms with Crippen molar-refractivity contribution in [2.75, 3.05) is 48.0 Å². The summed E-state index contributed by atoms with van der Waals surface area (Å²) in [7, 11) is 0. The maximum Gasteiger partial charge on any atom is 0.409 e. The molecule has 1 atom stereocenters. The van der Waals surface area contributed by atoms with E-state index in [0.717, 1.165) is 35.8 Å². The van der Waals surface area contributed by atoms with Crippen LogP contribution < -0.4 is 26.4 Å². The average Bonchev–Trinajstić information content (AvgIpc) is 3.14. The second-order valence-corrected chi connectivity index (χ2v) is 7.37. The average molecular weight is 425 g/mol. The highest BCUT2D eigenvalue weighted by Crippen LogP contribution is 2.21. The Hall–Kier alpha value is -3.53. The Morgan fingerprint density at radius 1 is 1.19 bits per heavy atom. The summed E-state index contributed by atoms with van der Waals surface area (Å²) in [5.74, 6) is 0.581. The third-order valence-corrected chi connectivity index (χ3v) is 5.21. The highest BCUT2D eigenvalue weighted by atomic mass is 16.6. The highest BCUT2D eigenvalue weighted by Gasteiger charge is 2.24. The summed E-state index contributed by atoms with van der Waals surface area (Å²) in [5, 5.41) is 5.05. The number of anilines is 3. The van der Waals surface area contributed by atoms with Crippen molar-refractivity contribution < 1.29 is 9.53 Å². The van der Waals surface area contributed by atoms with Gasteiger partial charge in [-0.2, -0.15) is 0 Å². The predicted molar refractivity (Wildman–Crippen MR) is 121 cm³/mol. The normalized spacial score (nSPS) is 18.5. The molecule has 10 heteroatoms. The van der Waals surface area contributed by atoms with Gasteiger partial charge in [0.15, 0.2) is 6.29 Å². The molecule has 1 fully saturated rings. The fourth-order valence-electron chi connectivity index (χ4n) is 3.61. The van der Waals surface area contributed by atoms with Gasteiger partial charge >= 0.3 is 6.09 Å². The van der Waals surface area contributed by atoms with E-state index in [-0.39, 0.29) is 6.09 Å². The SMILES string of the molecule is CCOC(=O)N1CCN(c2ccc(NC3=NC(N)N(c4ccnc(C)c4)N3)cc2)CC1. The van der Waals surface area contributed by atoms with Gasteiger partial charge in [-0.15, -0.1) is 0 Å². The van der Waals surface area contributed by atoms with Gasteiger partial charge in [0.2, 0.25) is 5.96 Å². The number of hydrazine groups is 1. The smallest absolute Gasteiger partial charge is 0.409 e. The van der Waals surface area contributed by atoms with E-state index in [1.807, 2.05) is 38.1 Å². The van der Waals surface area contributed by atoms with Crippen molar-refractivity contribution in [2.24, 2.45) is 10.7 Å². The van der Waals surface area contributed by atoms with E-state index in [1.165, 1.54) is 0 Å². The van der Waals surface area contributed by atoms with Crippen molar-refractivity contribution in [2.45, 2.75) is 20.1 Å². The standard InChI is InChI=1S/C21H28N8O2/c1-3-31-21(30)28-12-10-27(11-13-28)17-6-4-16(5-7-17)24-20-25-19(22)29(26-20)18-8-9-23-15(2)14-18/h4-9,14,19H,3,10-13,22H2,1-2H3,(H2,24,25,26). The Balaban J connectivity index is 1.32. The molecule has 0 saturated carbocycles. The minimum atomic E-state index is -0.528. The van der Waals surface area contributed by atoms with E-state index in [2.05, 4.69) is 37.8 Å². The number of rotatable bonds is 4. The van der Waals surface area contributed by atoms with Gasteiger partial charge in [0.1, 0.15) is 0 Å². The second kappa shape index (κ2) is 9.09. The van der Waals surface area contributed by atoms with Gasteiger partial charge in [-0.25, -0.2) is 14.8 Å². The van der Waals surface area contributed by atoms with E-state index in [0.29, 0.717) is 25.7 Å². The minimum absolute atomic E-state index is 0.235. The van der Waals surface area contributed by atoms with Crippen LogP contribution in [-0.2, 0) is 4.74 Å². The molecule has 2 aliphatic heterocycles. The van der Waals surface area contributed by atoms with Crippen molar-refractivity contribution in [3.8, 4) is 0 Å². The largest absolute Gasteiger partial charge is 0.450 e. The molecule has 31 heavy (non-hydrogen) atoms. The number of pyridine rings is 1. The molecule has 0 spiro atoms. The van der Waals surface area contributed by atoms with Crippen LogP contribution in [0.5, 0.6) is 0 Å². The first-order valence-electron chi connectivity index (χ1n) is 10.4. The summed E-state index contributed by atoms with van der Waals surface area (Å²) in [4.78, 5) is 24.5. The van der Waals surface area contributed by atoms with Crippen LogP contribution in [-0.4, -0.2) is 61.0 Å². The number of nitrogens with one attached hydrogen (secondary N) is 2. The molecule has 1 amide bonds. The molecule has 4 N–H and O–H groups in total. The molecule has 3 heterocycles. The van der Waals surface area contributed by atoms with Crippen LogP contribution in [0.1, 0.15) is 12.6 Å². The van der Waals surface area contributed by atoms with Crippen LogP contribution in [0.3, 0.4) is 0 Å². The first kappa shape index (κ1) is 20.7. The number of aryl methyl sites for hydroxylation is 1. The molecule has 10 nitrogen and oxygen atoms in total. The number of nitrogens with two attached hydrogens (primary N) is 1. The summed E-state index contributed by atoms with van der Waals surface area (Å²) < 4.78 is 5.08. The van der Waals surface area contributed by atoms with Gasteiger partial charge in [-0.05, 0) is 50.2 Å². The van der Waals surface area contributed by atoms with Crippen molar-refractivity contribution >= 4 is 29.1 Å². The van der Waals surface area contributed by atoms with Gasteiger partial charge in [-0.3, -0.25) is 16.1 Å². The molecule has 2 aliphatic rings. The number of piperazine rings is 1. The number of carbonyl (C=O) groups excluding carboxylic acids is 1. The number of amides is 1. The predicted octanol–water partition coefficient (Wildman–Crippen LogP) is 1.70. The topological polar surface area (TPSA) is 111 Å². The maximum absolute atomic E-state index is 11.8. The van der Waals surface area contributed by atoms with Gasteiger partial charge in [-0.1, -0.05) is 0 Å². The molecule has 0 radical (unpaired) electrons. The number of aromatic nitrogens is 1. The van der Waals surface area contributed by atoms with Crippen molar-refractivity contribution in [3.63, 3.8) is 0 Å². The number of ether oxygens (including phenoxy) is 1. The van der Waals surface area contributed by atoms with Crippen LogP contribution in [0.15, 0.2) is 47.6 Å². The van der Waals surface area contributed by atoms with Crippen LogP contribution in [0.4, 0.5) is 21.9 Å². The lowest BCUT2D eigenvalue weighted by atomic mass is 10.2. The lowest BCUT2D eigenvalue weighted by molar-refractivity contribution is 0.105. The summed E-state index contributed by atoms with van der Waals surface area (Å²) in [5.41, 5.74) is 13.2. The minimum Gasteiger partial charge on any atom is -0.450 e. The first-order valence-corrected chi connectivity index (χ1v) is 10.4. The van der Waals surface area contributed by atoms with Crippen LogP contribution in [0, 0.1) is 6.92 Å². The van der Waals surface area contributed by atoms with Gasteiger partial charge < -0.3 is 19.9 Å². The van der Waals surface area contributed by atoms with Crippen LogP contribution >= 0.6 is 0 Å². The zero-order chi connectivity index (χ0) is 21.8. The number of carbonyl (C=O) groups is 1. The fraction of sp³-hybridized carbons (Fsp3) is 0.381. The second-order valence-electron chi connectivity index (χ2n) is 7.37. The number of benzene rings is 1. The van der Waals surface area contributed by atoms with Crippen molar-refractivity contribution in [1.29, 1.82) is 0 Å². The Kier molecular flexibility index (Phi) is 6.08. The third-order valence-electron chi connectivity index (χ3n) is 5.21. The Labute approximate surface area is 181 Å². The Bertz CT molecular complexity index is 941. The molecule has 1 aromatic carbocycles. The van der Waals surface area contributed by atoms with Crippen LogP contribution in [0.25, 0.3) is 0 Å². The zero-order valence-corrected chi connectivity index (χ0v) is 17.8. The summed E-state index contributed by atoms with van der Waals surface area (Å²) in [6.45, 7) is 7.01. The monoisotopic (exact) mass is 424 g/mol. The zero-order valence-electron chi connectivity index (χ0n) is 17.8. The molecule has 0 aliphatic carbocycles. The number of aliphatic imine (C=N–C) groups is 1. The molecular weight excluding hydrogens is 396 g/mol. The summed E-state index contributed by atoms with van der Waals surface area (Å²) in [6, 6.07) is 11.9. The van der Waals surface area contributed by atoms with Crippen molar-refractivity contribution in [1.82, 2.24) is 15.3 Å². The van der Waals surface area contributed by atoms with Crippen LogP contribution in [0.2, 0.25) is 0 Å². The molecule has 1 saturated heterocycles. The summed E-state index contributed by atoms with van der Waals surface area (Å²) >= 11 is 0. The van der Waals surface area contributed by atoms with E-state index in [1.54, 1.807) is 16.1 Å². The Morgan fingerprint density at radius 3 is 2.61 bits per heavy atom. The lowest BCUT2D eigenvalue weighted by Gasteiger charge is -2.35. The van der Waals surface area contributed by atoms with E-state index in [9.17, 15) is 4.79 Å². The highest BCUT2D eigenvalue weighted by molar-refractivity contribution is 5.96. The number of guanidine groups is 1. The number of hydrogen-bond acceptors (Lipinski definition) is 9. The molecular formula is C21H28N8O2. The third kappa shape index (κ3) is 4.80. The van der Waals surface area contributed by atoms with Gasteiger partial charge in [0.25, 0.3) is 0 Å². The maximum atomic E-state index is 11.8.